The van der Waals surface area contributed by atoms with Crippen LogP contribution in [0.4, 0.5) is 0 Å². The number of fused-ring (bicyclic) bond motifs is 1. The van der Waals surface area contributed by atoms with Gasteiger partial charge in [-0.2, -0.15) is 5.10 Å². The molecule has 21 heavy (non-hydrogen) atoms. The number of aromatic nitrogens is 2. The van der Waals surface area contributed by atoms with Crippen molar-refractivity contribution in [1.82, 2.24) is 20.0 Å². The lowest BCUT2D eigenvalue weighted by molar-refractivity contribution is 0.116. The molecule has 1 aromatic heterocycles. The predicted octanol–water partition coefficient (Wildman–Crippen LogP) is 2.49. The SMILES string of the molecule is CCn1nc(CN2CCNCC2C(C)C)c2ccccc21. The van der Waals surface area contributed by atoms with E-state index in [-0.39, 0.29) is 0 Å². The van der Waals surface area contributed by atoms with Crippen molar-refractivity contribution in [3.8, 4) is 0 Å². The quantitative estimate of drug-likeness (QED) is 0.937. The first kappa shape index (κ1) is 14.5. The van der Waals surface area contributed by atoms with Crippen molar-refractivity contribution in [2.24, 2.45) is 5.92 Å². The average Bonchev–Trinajstić information content (AvgIpc) is 2.86. The van der Waals surface area contributed by atoms with Gasteiger partial charge in [0.15, 0.2) is 0 Å². The highest BCUT2D eigenvalue weighted by Gasteiger charge is 2.26. The smallest absolute Gasteiger partial charge is 0.0843 e. The molecule has 2 aromatic rings. The molecule has 0 aliphatic carbocycles. The van der Waals surface area contributed by atoms with Crippen molar-refractivity contribution >= 4 is 10.9 Å². The van der Waals surface area contributed by atoms with Crippen molar-refractivity contribution in [3.63, 3.8) is 0 Å². The summed E-state index contributed by atoms with van der Waals surface area (Å²) in [5, 5.41) is 9.67. The number of nitrogens with zero attached hydrogens (tertiary/aromatic N) is 3. The molecule has 2 heterocycles. The number of hydrogen-bond acceptors (Lipinski definition) is 3. The van der Waals surface area contributed by atoms with Crippen LogP contribution >= 0.6 is 0 Å². The molecule has 4 nitrogen and oxygen atoms in total. The number of para-hydroxylation sites is 1. The van der Waals surface area contributed by atoms with E-state index in [0.717, 1.165) is 32.7 Å². The minimum atomic E-state index is 0.601. The van der Waals surface area contributed by atoms with Crippen LogP contribution in [0.25, 0.3) is 10.9 Å². The third kappa shape index (κ3) is 2.83. The molecule has 1 aliphatic heterocycles. The Balaban J connectivity index is 1.90. The summed E-state index contributed by atoms with van der Waals surface area (Å²) in [7, 11) is 0. The molecule has 0 saturated carbocycles. The van der Waals surface area contributed by atoms with E-state index in [9.17, 15) is 0 Å². The maximum atomic E-state index is 4.85. The minimum absolute atomic E-state index is 0.601. The predicted molar refractivity (Wildman–Crippen MR) is 87.3 cm³/mol. The number of hydrogen-bond donors (Lipinski definition) is 1. The zero-order valence-electron chi connectivity index (χ0n) is 13.3. The van der Waals surface area contributed by atoms with Crippen LogP contribution < -0.4 is 5.32 Å². The molecular weight excluding hydrogens is 260 g/mol. The highest BCUT2D eigenvalue weighted by molar-refractivity contribution is 5.81. The van der Waals surface area contributed by atoms with Crippen LogP contribution in [0, 0.1) is 5.92 Å². The van der Waals surface area contributed by atoms with Gasteiger partial charge in [-0.25, -0.2) is 0 Å². The average molecular weight is 286 g/mol. The molecule has 0 amide bonds. The van der Waals surface area contributed by atoms with Crippen molar-refractivity contribution in [2.75, 3.05) is 19.6 Å². The molecule has 0 bridgehead atoms. The van der Waals surface area contributed by atoms with Gasteiger partial charge >= 0.3 is 0 Å². The third-order valence-electron chi connectivity index (χ3n) is 4.55. The summed E-state index contributed by atoms with van der Waals surface area (Å²) in [6.45, 7) is 11.9. The third-order valence-corrected chi connectivity index (χ3v) is 4.55. The van der Waals surface area contributed by atoms with Gasteiger partial charge in [0, 0.05) is 44.2 Å². The second-order valence-corrected chi connectivity index (χ2v) is 6.27. The normalized spacial score (nSPS) is 20.5. The van der Waals surface area contributed by atoms with Crippen LogP contribution in [-0.4, -0.2) is 40.4 Å². The Bertz CT molecular complexity index is 602. The first-order chi connectivity index (χ1) is 10.2. The Morgan fingerprint density at radius 1 is 1.33 bits per heavy atom. The lowest BCUT2D eigenvalue weighted by atomic mass is 10.00. The number of nitrogens with one attached hydrogen (secondary N) is 1. The van der Waals surface area contributed by atoms with Crippen LogP contribution in [0.1, 0.15) is 26.5 Å². The van der Waals surface area contributed by atoms with E-state index in [1.807, 2.05) is 0 Å². The molecule has 1 N–H and O–H groups in total. The monoisotopic (exact) mass is 286 g/mol. The fourth-order valence-electron chi connectivity index (χ4n) is 3.37. The van der Waals surface area contributed by atoms with Gasteiger partial charge in [0.05, 0.1) is 11.2 Å². The highest BCUT2D eigenvalue weighted by atomic mass is 15.3. The van der Waals surface area contributed by atoms with Crippen molar-refractivity contribution in [3.05, 3.63) is 30.0 Å². The zero-order valence-corrected chi connectivity index (χ0v) is 13.3. The molecule has 0 radical (unpaired) electrons. The fourth-order valence-corrected chi connectivity index (χ4v) is 3.37. The molecule has 1 unspecified atom stereocenters. The van der Waals surface area contributed by atoms with E-state index in [2.05, 4.69) is 59.9 Å². The lowest BCUT2D eigenvalue weighted by Gasteiger charge is -2.38. The first-order valence-corrected chi connectivity index (χ1v) is 8.10. The van der Waals surface area contributed by atoms with Crippen LogP contribution in [0.2, 0.25) is 0 Å². The molecule has 114 valence electrons. The summed E-state index contributed by atoms with van der Waals surface area (Å²) in [6, 6.07) is 9.19. The number of rotatable bonds is 4. The van der Waals surface area contributed by atoms with Gasteiger partial charge in [0.1, 0.15) is 0 Å². The molecule has 1 fully saturated rings. The lowest BCUT2D eigenvalue weighted by Crippen LogP contribution is -2.53. The summed E-state index contributed by atoms with van der Waals surface area (Å²) in [5.41, 5.74) is 2.48. The Kier molecular flexibility index (Phi) is 4.27. The van der Waals surface area contributed by atoms with Gasteiger partial charge in [0.25, 0.3) is 0 Å². The van der Waals surface area contributed by atoms with E-state index in [1.54, 1.807) is 0 Å². The topological polar surface area (TPSA) is 33.1 Å². The second kappa shape index (κ2) is 6.16. The maximum Gasteiger partial charge on any atom is 0.0843 e. The van der Waals surface area contributed by atoms with Crippen LogP contribution in [0.5, 0.6) is 0 Å². The fraction of sp³-hybridized carbons (Fsp3) is 0.588. The molecule has 1 atom stereocenters. The van der Waals surface area contributed by atoms with Crippen molar-refractivity contribution in [1.29, 1.82) is 0 Å². The molecule has 1 aromatic carbocycles. The van der Waals surface area contributed by atoms with Crippen LogP contribution in [-0.2, 0) is 13.1 Å². The number of piperazine rings is 1. The maximum absolute atomic E-state index is 4.85. The van der Waals surface area contributed by atoms with E-state index >= 15 is 0 Å². The molecule has 0 spiro atoms. The second-order valence-electron chi connectivity index (χ2n) is 6.27. The minimum Gasteiger partial charge on any atom is -0.314 e. The van der Waals surface area contributed by atoms with E-state index in [4.69, 9.17) is 5.10 Å². The summed E-state index contributed by atoms with van der Waals surface area (Å²) in [5.74, 6) is 0.664. The van der Waals surface area contributed by atoms with Gasteiger partial charge in [-0.05, 0) is 18.9 Å². The summed E-state index contributed by atoms with van der Waals surface area (Å²) in [4.78, 5) is 2.59. The largest absolute Gasteiger partial charge is 0.314 e. The van der Waals surface area contributed by atoms with Gasteiger partial charge < -0.3 is 5.32 Å². The van der Waals surface area contributed by atoms with Crippen LogP contribution in [0.15, 0.2) is 24.3 Å². The van der Waals surface area contributed by atoms with Gasteiger partial charge in [0.2, 0.25) is 0 Å². The van der Waals surface area contributed by atoms with Gasteiger partial charge in [-0.3, -0.25) is 9.58 Å². The number of benzene rings is 1. The van der Waals surface area contributed by atoms with Gasteiger partial charge in [-0.1, -0.05) is 32.0 Å². The summed E-state index contributed by atoms with van der Waals surface area (Å²) >= 11 is 0. The van der Waals surface area contributed by atoms with Crippen LogP contribution in [0.3, 0.4) is 0 Å². The molecule has 3 rings (SSSR count). The summed E-state index contributed by atoms with van der Waals surface area (Å²) in [6.07, 6.45) is 0. The Morgan fingerprint density at radius 3 is 2.90 bits per heavy atom. The molecular formula is C17H26N4. The molecule has 4 heteroatoms. The summed E-state index contributed by atoms with van der Waals surface area (Å²) < 4.78 is 2.12. The standard InChI is InChI=1S/C17H26N4/c1-4-21-16-8-6-5-7-14(16)15(19-21)12-20-10-9-18-11-17(20)13(2)3/h5-8,13,17-18H,4,9-12H2,1-3H3. The number of aryl methyl sites for hydroxylation is 1. The van der Waals surface area contributed by atoms with Crippen molar-refractivity contribution in [2.45, 2.75) is 39.9 Å². The Labute approximate surface area is 127 Å². The van der Waals surface area contributed by atoms with Crippen molar-refractivity contribution < 1.29 is 0 Å². The Morgan fingerprint density at radius 2 is 2.14 bits per heavy atom. The zero-order chi connectivity index (χ0) is 14.8. The highest BCUT2D eigenvalue weighted by Crippen LogP contribution is 2.22. The Hall–Kier alpha value is -1.39. The van der Waals surface area contributed by atoms with E-state index in [0.29, 0.717) is 12.0 Å². The van der Waals surface area contributed by atoms with E-state index < -0.39 is 0 Å². The van der Waals surface area contributed by atoms with Gasteiger partial charge in [-0.15, -0.1) is 0 Å². The molecule has 1 saturated heterocycles. The van der Waals surface area contributed by atoms with E-state index in [1.165, 1.54) is 16.6 Å². The molecule has 1 aliphatic rings. The first-order valence-electron chi connectivity index (χ1n) is 8.10.